The van der Waals surface area contributed by atoms with Crippen LogP contribution >= 0.6 is 0 Å². The fourth-order valence-corrected chi connectivity index (χ4v) is 2.23. The summed E-state index contributed by atoms with van der Waals surface area (Å²) >= 11 is 0. The molecule has 1 aromatic rings. The second-order valence-electron chi connectivity index (χ2n) is 6.02. The van der Waals surface area contributed by atoms with Gasteiger partial charge in [-0.15, -0.1) is 5.10 Å². The normalized spacial score (nSPS) is 12.5. The molecule has 108 valence electrons. The summed E-state index contributed by atoms with van der Waals surface area (Å²) in [5, 5.41) is 16.8. The lowest BCUT2D eigenvalue weighted by Gasteiger charge is -2.36. The highest BCUT2D eigenvalue weighted by molar-refractivity contribution is 6.74. The summed E-state index contributed by atoms with van der Waals surface area (Å²) in [5.74, 6) is 0.422. The van der Waals surface area contributed by atoms with Gasteiger partial charge in [-0.25, -0.2) is 0 Å². The van der Waals surface area contributed by atoms with Crippen LogP contribution in [-0.4, -0.2) is 36.8 Å². The van der Waals surface area contributed by atoms with Crippen LogP contribution in [0.5, 0.6) is 5.88 Å². The van der Waals surface area contributed by atoms with Gasteiger partial charge in [-0.3, -0.25) is 0 Å². The minimum Gasteiger partial charge on any atom is -0.474 e. The Morgan fingerprint density at radius 3 is 2.53 bits per heavy atom. The van der Waals surface area contributed by atoms with Gasteiger partial charge in [-0.1, -0.05) is 20.8 Å². The molecule has 6 heteroatoms. The van der Waals surface area contributed by atoms with Gasteiger partial charge in [0.05, 0.1) is 19.4 Å². The van der Waals surface area contributed by atoms with E-state index in [9.17, 15) is 0 Å². The van der Waals surface area contributed by atoms with E-state index in [1.54, 1.807) is 6.07 Å². The zero-order valence-electron chi connectivity index (χ0n) is 12.4. The van der Waals surface area contributed by atoms with Crippen LogP contribution in [0.3, 0.4) is 0 Å². The number of hydrogen-bond donors (Lipinski definition) is 1. The molecule has 0 saturated heterocycles. The van der Waals surface area contributed by atoms with E-state index < -0.39 is 8.32 Å². The average molecular weight is 284 g/mol. The monoisotopic (exact) mass is 284 g/mol. The minimum atomic E-state index is -1.72. The molecule has 1 rings (SSSR count). The Balaban J connectivity index is 2.39. The second kappa shape index (κ2) is 6.45. The molecule has 0 aromatic carbocycles. The Labute approximate surface area is 116 Å². The van der Waals surface area contributed by atoms with Crippen molar-refractivity contribution in [1.29, 1.82) is 0 Å². The highest BCUT2D eigenvalue weighted by Crippen LogP contribution is 2.36. The van der Waals surface area contributed by atoms with Crippen LogP contribution in [0.25, 0.3) is 0 Å². The summed E-state index contributed by atoms with van der Waals surface area (Å²) in [5.41, 5.74) is 0.690. The quantitative estimate of drug-likeness (QED) is 0.642. The Morgan fingerprint density at radius 1 is 1.26 bits per heavy atom. The molecule has 0 spiro atoms. The van der Waals surface area contributed by atoms with Gasteiger partial charge in [0.1, 0.15) is 6.61 Å². The molecule has 0 radical (unpaired) electrons. The van der Waals surface area contributed by atoms with Crippen molar-refractivity contribution >= 4 is 8.32 Å². The minimum absolute atomic E-state index is 0.0631. The van der Waals surface area contributed by atoms with Crippen LogP contribution in [0.4, 0.5) is 0 Å². The van der Waals surface area contributed by atoms with Crippen molar-refractivity contribution in [1.82, 2.24) is 10.2 Å². The van der Waals surface area contributed by atoms with Crippen molar-refractivity contribution in [3.63, 3.8) is 0 Å². The number of hydrogen-bond acceptors (Lipinski definition) is 5. The van der Waals surface area contributed by atoms with Gasteiger partial charge in [0.15, 0.2) is 8.32 Å². The first-order valence-corrected chi connectivity index (χ1v) is 9.36. The molecule has 0 saturated carbocycles. The van der Waals surface area contributed by atoms with E-state index in [0.29, 0.717) is 24.7 Å². The van der Waals surface area contributed by atoms with Crippen LogP contribution < -0.4 is 4.74 Å². The van der Waals surface area contributed by atoms with Crippen LogP contribution in [-0.2, 0) is 11.0 Å². The highest BCUT2D eigenvalue weighted by atomic mass is 28.4. The third kappa shape index (κ3) is 4.89. The maximum absolute atomic E-state index is 8.99. The molecule has 5 nitrogen and oxygen atoms in total. The predicted molar refractivity (Wildman–Crippen MR) is 76.6 cm³/mol. The number of aliphatic hydroxyl groups excluding tert-OH is 1. The Kier molecular flexibility index (Phi) is 5.46. The third-order valence-electron chi connectivity index (χ3n) is 3.47. The van der Waals surface area contributed by atoms with Gasteiger partial charge in [0.25, 0.3) is 0 Å². The molecule has 0 unspecified atom stereocenters. The third-order valence-corrected chi connectivity index (χ3v) is 8.01. The van der Waals surface area contributed by atoms with E-state index in [1.165, 1.54) is 6.20 Å². The van der Waals surface area contributed by atoms with Crippen LogP contribution in [0.2, 0.25) is 18.1 Å². The summed E-state index contributed by atoms with van der Waals surface area (Å²) in [7, 11) is -1.72. The van der Waals surface area contributed by atoms with E-state index in [-0.39, 0.29) is 11.6 Å². The highest BCUT2D eigenvalue weighted by Gasteiger charge is 2.36. The number of ether oxygens (including phenoxy) is 1. The van der Waals surface area contributed by atoms with E-state index >= 15 is 0 Å². The molecule has 0 atom stereocenters. The molecule has 1 N–H and O–H groups in total. The van der Waals surface area contributed by atoms with Gasteiger partial charge in [0, 0.05) is 11.6 Å². The molecular formula is C13H24N2O3Si. The van der Waals surface area contributed by atoms with Gasteiger partial charge < -0.3 is 14.3 Å². The number of rotatable bonds is 6. The molecule has 0 aliphatic rings. The van der Waals surface area contributed by atoms with Crippen molar-refractivity contribution in [3.05, 3.63) is 17.8 Å². The zero-order valence-corrected chi connectivity index (χ0v) is 13.4. The molecule has 0 bridgehead atoms. The zero-order chi connectivity index (χ0) is 14.5. The fraction of sp³-hybridized carbons (Fsp3) is 0.692. The fourth-order valence-electron chi connectivity index (χ4n) is 1.20. The first-order valence-electron chi connectivity index (χ1n) is 6.45. The van der Waals surface area contributed by atoms with E-state index in [4.69, 9.17) is 14.3 Å². The van der Waals surface area contributed by atoms with Crippen molar-refractivity contribution < 1.29 is 14.3 Å². The number of aromatic nitrogens is 2. The van der Waals surface area contributed by atoms with Gasteiger partial charge >= 0.3 is 0 Å². The van der Waals surface area contributed by atoms with Crippen molar-refractivity contribution in [3.8, 4) is 5.88 Å². The number of nitrogens with zero attached hydrogens (tertiary/aromatic N) is 2. The standard InChI is InChI=1S/C13H24N2O3Si/c1-13(2,3)19(4,5)18-7-6-17-12-8-11(10-16)9-14-15-12/h8-9,16H,6-7,10H2,1-5H3. The molecule has 0 fully saturated rings. The lowest BCUT2D eigenvalue weighted by molar-refractivity contribution is 0.197. The van der Waals surface area contributed by atoms with Crippen LogP contribution in [0, 0.1) is 0 Å². The van der Waals surface area contributed by atoms with E-state index in [2.05, 4.69) is 44.1 Å². The van der Waals surface area contributed by atoms with Crippen molar-refractivity contribution in [2.75, 3.05) is 13.2 Å². The van der Waals surface area contributed by atoms with E-state index in [1.807, 2.05) is 0 Å². The first-order chi connectivity index (χ1) is 8.76. The molecular weight excluding hydrogens is 260 g/mol. The SMILES string of the molecule is CC(C)(C)[Si](C)(C)OCCOc1cc(CO)cnn1. The maximum Gasteiger partial charge on any atom is 0.233 e. The molecule has 19 heavy (non-hydrogen) atoms. The Hall–Kier alpha value is -0.983. The summed E-state index contributed by atoms with van der Waals surface area (Å²) in [6, 6.07) is 1.68. The molecule has 0 aliphatic carbocycles. The largest absolute Gasteiger partial charge is 0.474 e. The first kappa shape index (κ1) is 16.1. The summed E-state index contributed by atoms with van der Waals surface area (Å²) < 4.78 is 11.5. The van der Waals surface area contributed by atoms with Crippen LogP contribution in [0.15, 0.2) is 12.3 Å². The van der Waals surface area contributed by atoms with Gasteiger partial charge in [0.2, 0.25) is 5.88 Å². The Bertz CT molecular complexity index is 405. The second-order valence-corrected chi connectivity index (χ2v) is 10.8. The van der Waals surface area contributed by atoms with Gasteiger partial charge in [-0.2, -0.15) is 5.10 Å². The lowest BCUT2D eigenvalue weighted by atomic mass is 10.2. The van der Waals surface area contributed by atoms with Gasteiger partial charge in [-0.05, 0) is 18.1 Å². The van der Waals surface area contributed by atoms with Crippen LogP contribution in [0.1, 0.15) is 26.3 Å². The molecule has 0 aliphatic heterocycles. The van der Waals surface area contributed by atoms with Crippen molar-refractivity contribution in [2.45, 2.75) is 45.5 Å². The summed E-state index contributed by atoms with van der Waals surface area (Å²) in [6.07, 6.45) is 1.51. The summed E-state index contributed by atoms with van der Waals surface area (Å²) in [6.45, 7) is 11.9. The predicted octanol–water partition coefficient (Wildman–Crippen LogP) is 2.37. The maximum atomic E-state index is 8.99. The van der Waals surface area contributed by atoms with Crippen molar-refractivity contribution in [2.24, 2.45) is 0 Å². The molecule has 1 heterocycles. The van der Waals surface area contributed by atoms with E-state index in [0.717, 1.165) is 0 Å². The molecule has 1 aromatic heterocycles. The summed E-state index contributed by atoms with van der Waals surface area (Å²) in [4.78, 5) is 0. The number of aliphatic hydroxyl groups is 1. The molecule has 0 amide bonds. The Morgan fingerprint density at radius 2 is 1.95 bits per heavy atom. The lowest BCUT2D eigenvalue weighted by Crippen LogP contribution is -2.41. The average Bonchev–Trinajstić information content (AvgIpc) is 2.33. The smallest absolute Gasteiger partial charge is 0.233 e. The topological polar surface area (TPSA) is 64.5 Å².